The minimum atomic E-state index is -0.563. The van der Waals surface area contributed by atoms with Gasteiger partial charge >= 0.3 is 0 Å². The molecule has 1 aromatic rings. The van der Waals surface area contributed by atoms with Gasteiger partial charge in [0.25, 0.3) is 5.91 Å². The molecule has 1 unspecified atom stereocenters. The first-order valence-corrected chi connectivity index (χ1v) is 5.68. The Hall–Kier alpha value is -2.28. The summed E-state index contributed by atoms with van der Waals surface area (Å²) in [6, 6.07) is 9.20. The zero-order valence-corrected chi connectivity index (χ0v) is 10.3. The number of amides is 1. The molecule has 94 valence electrons. The van der Waals surface area contributed by atoms with Gasteiger partial charge in [0.15, 0.2) is 6.10 Å². The van der Waals surface area contributed by atoms with Crippen LogP contribution in [0.1, 0.15) is 12.5 Å². The van der Waals surface area contributed by atoms with Gasteiger partial charge in [-0.15, -0.1) is 6.58 Å². The molecule has 1 aromatic carbocycles. The highest BCUT2D eigenvalue weighted by Crippen LogP contribution is 2.14. The van der Waals surface area contributed by atoms with Crippen LogP contribution in [0.5, 0.6) is 5.75 Å². The highest BCUT2D eigenvalue weighted by atomic mass is 16.5. The van der Waals surface area contributed by atoms with Gasteiger partial charge in [-0.2, -0.15) is 5.26 Å². The van der Waals surface area contributed by atoms with Crippen LogP contribution in [0.2, 0.25) is 0 Å². The summed E-state index contributed by atoms with van der Waals surface area (Å²) < 4.78 is 5.48. The molecule has 0 fully saturated rings. The molecule has 1 rings (SSSR count). The molecule has 0 bridgehead atoms. The highest BCUT2D eigenvalue weighted by Gasteiger charge is 2.13. The van der Waals surface area contributed by atoms with Crippen LogP contribution in [0.4, 0.5) is 0 Å². The summed E-state index contributed by atoms with van der Waals surface area (Å²) in [7, 11) is 0. The van der Waals surface area contributed by atoms with E-state index in [1.54, 1.807) is 25.1 Å². The average Bonchev–Trinajstić information content (AvgIpc) is 2.38. The van der Waals surface area contributed by atoms with Crippen molar-refractivity contribution >= 4 is 5.91 Å². The normalized spacial score (nSPS) is 11.1. The summed E-state index contributed by atoms with van der Waals surface area (Å²) in [6.07, 6.45) is 1.42. The lowest BCUT2D eigenvalue weighted by atomic mass is 10.2. The van der Waals surface area contributed by atoms with E-state index in [9.17, 15) is 4.79 Å². The van der Waals surface area contributed by atoms with Gasteiger partial charge in [0.1, 0.15) is 5.75 Å². The molecule has 4 heteroatoms. The summed E-state index contributed by atoms with van der Waals surface area (Å²) in [6.45, 7) is 5.63. The Labute approximate surface area is 107 Å². The Kier molecular flexibility index (Phi) is 5.46. The summed E-state index contributed by atoms with van der Waals surface area (Å²) >= 11 is 0. The van der Waals surface area contributed by atoms with E-state index in [0.717, 1.165) is 5.56 Å². The van der Waals surface area contributed by atoms with Crippen LogP contribution in [-0.4, -0.2) is 18.6 Å². The third kappa shape index (κ3) is 4.30. The van der Waals surface area contributed by atoms with Gasteiger partial charge < -0.3 is 10.1 Å². The predicted octanol–water partition coefficient (Wildman–Crippen LogP) is 1.82. The van der Waals surface area contributed by atoms with Crippen molar-refractivity contribution in [2.24, 2.45) is 0 Å². The van der Waals surface area contributed by atoms with Gasteiger partial charge in [-0.1, -0.05) is 18.2 Å². The van der Waals surface area contributed by atoms with Crippen LogP contribution in [0.3, 0.4) is 0 Å². The van der Waals surface area contributed by atoms with E-state index in [4.69, 9.17) is 10.00 Å². The maximum absolute atomic E-state index is 11.5. The van der Waals surface area contributed by atoms with E-state index in [0.29, 0.717) is 18.7 Å². The van der Waals surface area contributed by atoms with Crippen LogP contribution in [0.25, 0.3) is 0 Å². The van der Waals surface area contributed by atoms with Gasteiger partial charge in [0, 0.05) is 6.54 Å². The van der Waals surface area contributed by atoms with E-state index < -0.39 is 6.10 Å². The number of ether oxygens (including phenoxy) is 1. The largest absolute Gasteiger partial charge is 0.481 e. The first-order chi connectivity index (χ1) is 8.67. The lowest BCUT2D eigenvalue weighted by molar-refractivity contribution is -0.127. The fraction of sp³-hybridized carbons (Fsp3) is 0.286. The smallest absolute Gasteiger partial charge is 0.261 e. The minimum absolute atomic E-state index is 0.184. The van der Waals surface area contributed by atoms with Crippen LogP contribution in [-0.2, 0) is 11.2 Å². The summed E-state index contributed by atoms with van der Waals surface area (Å²) in [5.41, 5.74) is 0.925. The van der Waals surface area contributed by atoms with Gasteiger partial charge in [-0.05, 0) is 24.6 Å². The number of benzene rings is 1. The Balaban J connectivity index is 2.53. The van der Waals surface area contributed by atoms with Crippen LogP contribution in [0.15, 0.2) is 36.9 Å². The molecule has 0 aliphatic carbocycles. The summed E-state index contributed by atoms with van der Waals surface area (Å²) in [5.74, 6) is 0.425. The van der Waals surface area contributed by atoms with Gasteiger partial charge in [0.05, 0.1) is 12.5 Å². The number of rotatable bonds is 6. The number of carbonyl (C=O) groups excluding carboxylic acids is 1. The standard InChI is InChI=1S/C14H16N2O2/c1-3-10-16-14(17)11(2)18-13-6-4-12(5-7-13)8-9-15/h3-7,11H,1,8,10H2,2H3,(H,16,17). The van der Waals surface area contributed by atoms with Crippen molar-refractivity contribution in [3.8, 4) is 11.8 Å². The molecule has 0 saturated carbocycles. The lowest BCUT2D eigenvalue weighted by Gasteiger charge is -2.14. The van der Waals surface area contributed by atoms with Crippen molar-refractivity contribution in [1.29, 1.82) is 5.26 Å². The molecule has 1 atom stereocenters. The van der Waals surface area contributed by atoms with Gasteiger partial charge in [-0.3, -0.25) is 4.79 Å². The minimum Gasteiger partial charge on any atom is -0.481 e. The van der Waals surface area contributed by atoms with Crippen molar-refractivity contribution < 1.29 is 9.53 Å². The number of nitrogens with zero attached hydrogens (tertiary/aromatic N) is 1. The second-order valence-corrected chi connectivity index (χ2v) is 3.77. The predicted molar refractivity (Wildman–Crippen MR) is 69.1 cm³/mol. The molecular weight excluding hydrogens is 228 g/mol. The monoisotopic (exact) mass is 244 g/mol. The van der Waals surface area contributed by atoms with Crippen molar-refractivity contribution in [2.45, 2.75) is 19.4 Å². The van der Waals surface area contributed by atoms with E-state index in [-0.39, 0.29) is 5.91 Å². The highest BCUT2D eigenvalue weighted by molar-refractivity contribution is 5.80. The molecule has 1 N–H and O–H groups in total. The Bertz CT molecular complexity index is 446. The number of hydrogen-bond acceptors (Lipinski definition) is 3. The fourth-order valence-corrected chi connectivity index (χ4v) is 1.35. The molecule has 0 heterocycles. The van der Waals surface area contributed by atoms with Crippen molar-refractivity contribution in [2.75, 3.05) is 6.54 Å². The van der Waals surface area contributed by atoms with Crippen LogP contribution >= 0.6 is 0 Å². The van der Waals surface area contributed by atoms with Crippen molar-refractivity contribution in [1.82, 2.24) is 5.32 Å². The zero-order chi connectivity index (χ0) is 13.4. The number of nitriles is 1. The molecule has 0 spiro atoms. The molecule has 0 saturated heterocycles. The second kappa shape index (κ2) is 7.13. The maximum Gasteiger partial charge on any atom is 0.261 e. The van der Waals surface area contributed by atoms with Gasteiger partial charge in [-0.25, -0.2) is 0 Å². The fourth-order valence-electron chi connectivity index (χ4n) is 1.35. The van der Waals surface area contributed by atoms with E-state index in [2.05, 4.69) is 18.0 Å². The van der Waals surface area contributed by atoms with Crippen molar-refractivity contribution in [3.63, 3.8) is 0 Å². The first kappa shape index (κ1) is 13.8. The number of carbonyl (C=O) groups is 1. The Morgan fingerprint density at radius 3 is 2.78 bits per heavy atom. The SMILES string of the molecule is C=CCNC(=O)C(C)Oc1ccc(CC#N)cc1. The topological polar surface area (TPSA) is 62.1 Å². The molecule has 0 aliphatic heterocycles. The van der Waals surface area contributed by atoms with E-state index >= 15 is 0 Å². The van der Waals surface area contributed by atoms with Crippen molar-refractivity contribution in [3.05, 3.63) is 42.5 Å². The van der Waals surface area contributed by atoms with E-state index in [1.807, 2.05) is 12.1 Å². The second-order valence-electron chi connectivity index (χ2n) is 3.77. The molecular formula is C14H16N2O2. The summed E-state index contributed by atoms with van der Waals surface area (Å²) in [5, 5.41) is 11.2. The van der Waals surface area contributed by atoms with Gasteiger partial charge in [0.2, 0.25) is 0 Å². The molecule has 0 radical (unpaired) electrons. The quantitative estimate of drug-likeness (QED) is 0.776. The first-order valence-electron chi connectivity index (χ1n) is 5.68. The molecule has 1 amide bonds. The molecule has 0 aliphatic rings. The third-order valence-corrected chi connectivity index (χ3v) is 2.31. The maximum atomic E-state index is 11.5. The Morgan fingerprint density at radius 2 is 2.22 bits per heavy atom. The Morgan fingerprint density at radius 1 is 1.56 bits per heavy atom. The molecule has 18 heavy (non-hydrogen) atoms. The van der Waals surface area contributed by atoms with Crippen LogP contribution in [0, 0.1) is 11.3 Å². The zero-order valence-electron chi connectivity index (χ0n) is 10.3. The summed E-state index contributed by atoms with van der Waals surface area (Å²) in [4.78, 5) is 11.5. The number of hydrogen-bond donors (Lipinski definition) is 1. The third-order valence-electron chi connectivity index (χ3n) is 2.31. The molecule has 0 aromatic heterocycles. The molecule has 4 nitrogen and oxygen atoms in total. The van der Waals surface area contributed by atoms with Crippen LogP contribution < -0.4 is 10.1 Å². The van der Waals surface area contributed by atoms with E-state index in [1.165, 1.54) is 0 Å². The average molecular weight is 244 g/mol. The lowest BCUT2D eigenvalue weighted by Crippen LogP contribution is -2.36. The number of nitrogens with one attached hydrogen (secondary N) is 1.